The second kappa shape index (κ2) is 8.47. The van der Waals surface area contributed by atoms with Gasteiger partial charge in [0.2, 0.25) is 5.91 Å². The van der Waals surface area contributed by atoms with Crippen LogP contribution in [0.4, 0.5) is 10.2 Å². The first-order valence-electron chi connectivity index (χ1n) is 11.1. The van der Waals surface area contributed by atoms with Gasteiger partial charge in [0.15, 0.2) is 5.65 Å². The number of nitrogens with zero attached hydrogens (tertiary/aromatic N) is 5. The minimum atomic E-state index is -2.07. The number of aromatic nitrogens is 5. The molecule has 4 aromatic rings. The highest BCUT2D eigenvalue weighted by atomic mass is 19.1. The number of amides is 1. The van der Waals surface area contributed by atoms with Crippen molar-refractivity contribution >= 4 is 67.5 Å². The Labute approximate surface area is 212 Å². The number of aliphatic hydroxyl groups excluding tert-OH is 1. The Morgan fingerprint density at radius 1 is 1.14 bits per heavy atom. The van der Waals surface area contributed by atoms with Crippen molar-refractivity contribution in [2.75, 3.05) is 5.32 Å². The summed E-state index contributed by atoms with van der Waals surface area (Å²) in [5, 5.41) is 14.2. The Balaban J connectivity index is 1.53. The molecule has 14 heteroatoms. The summed E-state index contributed by atoms with van der Waals surface area (Å²) in [6, 6.07) is 5.11. The Morgan fingerprint density at radius 2 is 1.86 bits per heavy atom. The molecule has 168 valence electrons. The molecular formula is C22H16B5FN6O2. The van der Waals surface area contributed by atoms with E-state index < -0.39 is 34.4 Å². The second-order valence-electron chi connectivity index (χ2n) is 9.22. The fourth-order valence-electron chi connectivity index (χ4n) is 3.98. The highest BCUT2D eigenvalue weighted by molar-refractivity contribution is 6.67. The van der Waals surface area contributed by atoms with Gasteiger partial charge in [0, 0.05) is 58.5 Å². The van der Waals surface area contributed by atoms with Crippen LogP contribution in [0.25, 0.3) is 27.7 Å². The number of carbonyl (C=O) groups excluding carboxylic acids is 1. The van der Waals surface area contributed by atoms with Crippen molar-refractivity contribution in [1.29, 1.82) is 0 Å². The molecule has 5 rings (SSSR count). The van der Waals surface area contributed by atoms with Crippen LogP contribution in [0.1, 0.15) is 23.8 Å². The smallest absolute Gasteiger partial charge is 0.231 e. The Kier molecular flexibility index (Phi) is 5.78. The van der Waals surface area contributed by atoms with Gasteiger partial charge in [-0.15, -0.1) is 5.11 Å². The van der Waals surface area contributed by atoms with Gasteiger partial charge < -0.3 is 10.4 Å². The molecule has 10 radical (unpaired) electrons. The predicted octanol–water partition coefficient (Wildman–Crippen LogP) is 1.01. The number of alkyl halides is 1. The van der Waals surface area contributed by atoms with Crippen LogP contribution in [0.3, 0.4) is 0 Å². The molecule has 3 atom stereocenters. The maximum atomic E-state index is 13.2. The topological polar surface area (TPSA) is 105 Å². The number of rotatable bonds is 6. The van der Waals surface area contributed by atoms with E-state index in [9.17, 15) is 14.3 Å². The van der Waals surface area contributed by atoms with Crippen LogP contribution >= 0.6 is 0 Å². The molecule has 1 amide bonds. The number of hydrogen-bond donors (Lipinski definition) is 2. The van der Waals surface area contributed by atoms with Crippen molar-refractivity contribution in [1.82, 2.24) is 24.6 Å². The summed E-state index contributed by atoms with van der Waals surface area (Å²) in [6.07, 6.45) is 2.09. The first-order valence-corrected chi connectivity index (χ1v) is 11.1. The van der Waals surface area contributed by atoms with Gasteiger partial charge in [0.1, 0.15) is 18.3 Å². The van der Waals surface area contributed by atoms with Crippen LogP contribution < -0.4 is 5.32 Å². The van der Waals surface area contributed by atoms with Gasteiger partial charge in [-0.25, -0.2) is 18.9 Å². The van der Waals surface area contributed by atoms with Crippen LogP contribution in [0.2, 0.25) is 10.3 Å². The van der Waals surface area contributed by atoms with Gasteiger partial charge in [-0.2, -0.15) is 5.10 Å². The first kappa shape index (κ1) is 24.6. The summed E-state index contributed by atoms with van der Waals surface area (Å²) in [4.78, 5) is 25.1. The van der Waals surface area contributed by atoms with Crippen LogP contribution in [-0.2, 0) is 4.79 Å². The molecule has 1 saturated carbocycles. The normalized spacial score (nSPS) is 18.9. The van der Waals surface area contributed by atoms with Gasteiger partial charge in [-0.3, -0.25) is 9.78 Å². The maximum absolute atomic E-state index is 13.2. The van der Waals surface area contributed by atoms with Gasteiger partial charge in [-0.05, 0) is 31.0 Å². The van der Waals surface area contributed by atoms with E-state index in [2.05, 4.69) is 25.4 Å². The third-order valence-corrected chi connectivity index (χ3v) is 6.43. The lowest BCUT2D eigenvalue weighted by Crippen LogP contribution is -2.38. The molecule has 0 spiro atoms. The van der Waals surface area contributed by atoms with E-state index in [1.54, 1.807) is 22.8 Å². The standard InChI is InChI=1S/C22H16B5FN6O2/c1-9-2-15(18(35)21(23,24)22(25,26)27)29-7-13(9)11-3-10-6-30-17(33-20(36)12-4-14(12)28)5-16(10)34-19(11)31-8-32-34/h2-3,5-8,12,14,18,35H,4H2,1H3,(H,30,33,36). The molecule has 2 N–H and O–H groups in total. The summed E-state index contributed by atoms with van der Waals surface area (Å²) < 4.78 is 14.8. The maximum Gasteiger partial charge on any atom is 0.231 e. The molecule has 8 nitrogen and oxygen atoms in total. The molecule has 0 aliphatic heterocycles. The zero-order valence-corrected chi connectivity index (χ0v) is 19.3. The van der Waals surface area contributed by atoms with E-state index in [4.69, 9.17) is 39.2 Å². The fourth-order valence-corrected chi connectivity index (χ4v) is 3.98. The Morgan fingerprint density at radius 3 is 2.50 bits per heavy atom. The summed E-state index contributed by atoms with van der Waals surface area (Å²) in [5.74, 6) is -0.747. The molecule has 0 aromatic carbocycles. The van der Waals surface area contributed by atoms with E-state index >= 15 is 0 Å². The summed E-state index contributed by atoms with van der Waals surface area (Å²) >= 11 is 0. The highest BCUT2D eigenvalue weighted by Gasteiger charge is 2.43. The minimum Gasteiger partial charge on any atom is -0.388 e. The number of hydrogen-bond acceptors (Lipinski definition) is 6. The molecule has 0 saturated heterocycles. The van der Waals surface area contributed by atoms with Gasteiger partial charge in [0.25, 0.3) is 0 Å². The summed E-state index contributed by atoms with van der Waals surface area (Å²) in [6.45, 7) is 1.81. The quantitative estimate of drug-likeness (QED) is 0.409. The van der Waals surface area contributed by atoms with Crippen molar-refractivity contribution in [3.05, 3.63) is 48.2 Å². The van der Waals surface area contributed by atoms with Gasteiger partial charge >= 0.3 is 0 Å². The van der Waals surface area contributed by atoms with Crippen LogP contribution in [0, 0.1) is 12.8 Å². The van der Waals surface area contributed by atoms with Gasteiger partial charge in [0.05, 0.1) is 38.9 Å². The van der Waals surface area contributed by atoms with E-state index in [0.29, 0.717) is 27.7 Å². The molecule has 4 aromatic heterocycles. The lowest BCUT2D eigenvalue weighted by atomic mass is 9.22. The van der Waals surface area contributed by atoms with Crippen LogP contribution in [-0.4, -0.2) is 81.0 Å². The predicted molar refractivity (Wildman–Crippen MR) is 137 cm³/mol. The molecular weight excluding hydrogens is 453 g/mol. The van der Waals surface area contributed by atoms with E-state index in [-0.39, 0.29) is 17.9 Å². The van der Waals surface area contributed by atoms with Crippen LogP contribution in [0.5, 0.6) is 0 Å². The average molecular weight is 469 g/mol. The van der Waals surface area contributed by atoms with E-state index in [1.807, 2.05) is 13.0 Å². The number of carbonyl (C=O) groups is 1. The first-order chi connectivity index (χ1) is 16.9. The van der Waals surface area contributed by atoms with Crippen molar-refractivity contribution in [3.8, 4) is 11.1 Å². The SMILES string of the molecule is [B]C([B])([B])C([B])([B])C(O)c1cc(C)c(-c2cc3cnc(NC(=O)C4CC4F)cc3n3ncnc23)cn1. The monoisotopic (exact) mass is 470 g/mol. The molecule has 0 bridgehead atoms. The Bertz CT molecular complexity index is 1510. The lowest BCUT2D eigenvalue weighted by molar-refractivity contribution is -0.117. The Hall–Kier alpha value is -3.14. The number of anilines is 1. The minimum absolute atomic E-state index is 0.137. The van der Waals surface area contributed by atoms with Crippen LogP contribution in [0.15, 0.2) is 36.9 Å². The third kappa shape index (κ3) is 4.11. The van der Waals surface area contributed by atoms with E-state index in [0.717, 1.165) is 5.56 Å². The van der Waals surface area contributed by atoms with Crippen molar-refractivity contribution in [2.24, 2.45) is 5.92 Å². The van der Waals surface area contributed by atoms with Crippen molar-refractivity contribution in [2.45, 2.75) is 35.9 Å². The zero-order valence-electron chi connectivity index (χ0n) is 19.3. The zero-order chi connectivity index (χ0) is 26.0. The number of aliphatic hydroxyl groups is 1. The molecule has 1 fully saturated rings. The highest BCUT2D eigenvalue weighted by Crippen LogP contribution is 2.48. The second-order valence-corrected chi connectivity index (χ2v) is 9.22. The number of fused-ring (bicyclic) bond motifs is 3. The number of halogens is 1. The molecule has 4 heterocycles. The largest absolute Gasteiger partial charge is 0.388 e. The average Bonchev–Trinajstić information content (AvgIpc) is 3.34. The number of aryl methyl sites for hydroxylation is 1. The molecule has 1 aliphatic rings. The van der Waals surface area contributed by atoms with Gasteiger partial charge in [-0.1, -0.05) is 5.21 Å². The van der Waals surface area contributed by atoms with Crippen molar-refractivity contribution in [3.63, 3.8) is 0 Å². The number of nitrogens with one attached hydrogen (secondary N) is 1. The molecule has 36 heavy (non-hydrogen) atoms. The summed E-state index contributed by atoms with van der Waals surface area (Å²) in [7, 11) is 28.7. The lowest BCUT2D eigenvalue weighted by Gasteiger charge is -2.45. The van der Waals surface area contributed by atoms with E-state index in [1.165, 1.54) is 12.5 Å². The summed E-state index contributed by atoms with van der Waals surface area (Å²) in [5.41, 5.74) is 3.41. The van der Waals surface area contributed by atoms with Crippen molar-refractivity contribution < 1.29 is 14.3 Å². The number of pyridine rings is 3. The molecule has 3 unspecified atom stereocenters. The fraction of sp³-hybridized carbons (Fsp3) is 0.318. The molecule has 1 aliphatic carbocycles. The third-order valence-electron chi connectivity index (χ3n) is 6.43.